The summed E-state index contributed by atoms with van der Waals surface area (Å²) in [4.78, 5) is 29.9. The van der Waals surface area contributed by atoms with Gasteiger partial charge in [0.05, 0.1) is 11.6 Å². The van der Waals surface area contributed by atoms with E-state index in [-0.39, 0.29) is 18.5 Å². The molecule has 1 aliphatic rings. The van der Waals surface area contributed by atoms with Crippen LogP contribution in [0, 0.1) is 25.7 Å². The quantitative estimate of drug-likeness (QED) is 0.876. The number of carbonyl (C=O) groups is 2. The maximum atomic E-state index is 12.7. The molecule has 2 amide bonds. The van der Waals surface area contributed by atoms with Crippen molar-refractivity contribution in [3.05, 3.63) is 35.7 Å². The summed E-state index contributed by atoms with van der Waals surface area (Å²) in [5.41, 5.74) is 3.13. The molecule has 0 spiro atoms. The number of hydrogen-bond acceptors (Lipinski definition) is 4. The Morgan fingerprint density at radius 1 is 1.31 bits per heavy atom. The number of rotatable bonds is 3. The van der Waals surface area contributed by atoms with Crippen LogP contribution in [0.25, 0.3) is 11.5 Å². The Balaban J connectivity index is 1.77. The number of benzene rings is 1. The van der Waals surface area contributed by atoms with Gasteiger partial charge in [-0.3, -0.25) is 4.79 Å². The van der Waals surface area contributed by atoms with E-state index in [4.69, 9.17) is 4.42 Å². The minimum atomic E-state index is -0.855. The standard InChI is InChI=1S/C19H23N3O4/c1-11-6-15(18(23)24)9-22(8-11)19(25)21-16-7-14(5-4-12(16)2)17-20-13(3)10-26-17/h4-5,7,10-11,15H,6,8-9H2,1-3H3,(H,21,25)(H,23,24). The number of nitrogens with one attached hydrogen (secondary N) is 1. The molecule has 1 aliphatic heterocycles. The van der Waals surface area contributed by atoms with Gasteiger partial charge in [0.1, 0.15) is 6.26 Å². The molecule has 1 fully saturated rings. The van der Waals surface area contributed by atoms with Gasteiger partial charge in [-0.05, 0) is 43.9 Å². The van der Waals surface area contributed by atoms with Gasteiger partial charge in [0.25, 0.3) is 0 Å². The summed E-state index contributed by atoms with van der Waals surface area (Å²) in [6.07, 6.45) is 2.17. The Morgan fingerprint density at radius 2 is 2.08 bits per heavy atom. The van der Waals surface area contributed by atoms with E-state index in [1.807, 2.05) is 39.0 Å². The largest absolute Gasteiger partial charge is 0.481 e. The summed E-state index contributed by atoms with van der Waals surface area (Å²) in [5.74, 6) is -0.729. The summed E-state index contributed by atoms with van der Waals surface area (Å²) < 4.78 is 5.42. The summed E-state index contributed by atoms with van der Waals surface area (Å²) in [6, 6.07) is 5.32. The minimum absolute atomic E-state index is 0.151. The number of aryl methyl sites for hydroxylation is 2. The van der Waals surface area contributed by atoms with Gasteiger partial charge < -0.3 is 19.7 Å². The molecular formula is C19H23N3O4. The van der Waals surface area contributed by atoms with Crippen molar-refractivity contribution in [3.8, 4) is 11.5 Å². The number of piperidine rings is 1. The molecule has 3 rings (SSSR count). The van der Waals surface area contributed by atoms with Gasteiger partial charge >= 0.3 is 12.0 Å². The molecule has 26 heavy (non-hydrogen) atoms. The van der Waals surface area contributed by atoms with Crippen molar-refractivity contribution in [1.29, 1.82) is 0 Å². The zero-order chi connectivity index (χ0) is 18.8. The van der Waals surface area contributed by atoms with Gasteiger partial charge in [0.2, 0.25) is 5.89 Å². The first kappa shape index (κ1) is 18.0. The van der Waals surface area contributed by atoms with Crippen molar-refractivity contribution in [2.75, 3.05) is 18.4 Å². The molecule has 2 N–H and O–H groups in total. The molecule has 1 aromatic carbocycles. The van der Waals surface area contributed by atoms with E-state index < -0.39 is 11.9 Å². The van der Waals surface area contributed by atoms with Crippen molar-refractivity contribution in [2.24, 2.45) is 11.8 Å². The number of anilines is 1. The highest BCUT2D eigenvalue weighted by atomic mass is 16.4. The molecule has 2 aromatic rings. The van der Waals surface area contributed by atoms with Crippen LogP contribution >= 0.6 is 0 Å². The molecule has 2 unspecified atom stereocenters. The topological polar surface area (TPSA) is 95.7 Å². The third-order valence-electron chi connectivity index (χ3n) is 4.64. The minimum Gasteiger partial charge on any atom is -0.481 e. The van der Waals surface area contributed by atoms with Crippen LogP contribution in [0.3, 0.4) is 0 Å². The molecule has 0 saturated carbocycles. The number of urea groups is 1. The van der Waals surface area contributed by atoms with Crippen LogP contribution in [0.4, 0.5) is 10.5 Å². The molecule has 7 nitrogen and oxygen atoms in total. The number of carboxylic acid groups (broad SMARTS) is 1. The molecule has 1 aromatic heterocycles. The van der Waals surface area contributed by atoms with Crippen LogP contribution in [-0.2, 0) is 4.79 Å². The van der Waals surface area contributed by atoms with E-state index in [2.05, 4.69) is 10.3 Å². The second kappa shape index (κ2) is 7.19. The smallest absolute Gasteiger partial charge is 0.321 e. The zero-order valence-electron chi connectivity index (χ0n) is 15.2. The van der Waals surface area contributed by atoms with Crippen LogP contribution in [0.5, 0.6) is 0 Å². The first-order chi connectivity index (χ1) is 12.3. The fourth-order valence-electron chi connectivity index (χ4n) is 3.27. The highest BCUT2D eigenvalue weighted by Crippen LogP contribution is 2.27. The molecule has 2 atom stereocenters. The van der Waals surface area contributed by atoms with Crippen LogP contribution in [0.2, 0.25) is 0 Å². The van der Waals surface area contributed by atoms with Crippen molar-refractivity contribution < 1.29 is 19.1 Å². The third-order valence-corrected chi connectivity index (χ3v) is 4.64. The number of aromatic nitrogens is 1. The van der Waals surface area contributed by atoms with E-state index >= 15 is 0 Å². The highest BCUT2D eigenvalue weighted by molar-refractivity contribution is 5.91. The lowest BCUT2D eigenvalue weighted by molar-refractivity contribution is -0.143. The van der Waals surface area contributed by atoms with Crippen molar-refractivity contribution in [2.45, 2.75) is 27.2 Å². The normalized spacial score (nSPS) is 20.0. The molecule has 0 aliphatic carbocycles. The van der Waals surface area contributed by atoms with Crippen molar-refractivity contribution in [1.82, 2.24) is 9.88 Å². The maximum absolute atomic E-state index is 12.7. The van der Waals surface area contributed by atoms with E-state index in [0.29, 0.717) is 24.5 Å². The second-order valence-electron chi connectivity index (χ2n) is 7.03. The second-order valence-corrected chi connectivity index (χ2v) is 7.03. The highest BCUT2D eigenvalue weighted by Gasteiger charge is 2.32. The van der Waals surface area contributed by atoms with E-state index in [1.165, 1.54) is 0 Å². The Morgan fingerprint density at radius 3 is 2.73 bits per heavy atom. The van der Waals surface area contributed by atoms with Crippen LogP contribution < -0.4 is 5.32 Å². The van der Waals surface area contributed by atoms with Crippen LogP contribution in [-0.4, -0.2) is 40.1 Å². The average Bonchev–Trinajstić information content (AvgIpc) is 3.02. The average molecular weight is 357 g/mol. The third kappa shape index (κ3) is 3.87. The molecule has 1 saturated heterocycles. The summed E-state index contributed by atoms with van der Waals surface area (Å²) in [6.45, 7) is 6.49. The number of aliphatic carboxylic acids is 1. The molecule has 138 valence electrons. The Kier molecular flexibility index (Phi) is 4.97. The van der Waals surface area contributed by atoms with Crippen LogP contribution in [0.15, 0.2) is 28.9 Å². The molecular weight excluding hydrogens is 334 g/mol. The molecule has 0 radical (unpaired) electrons. The Labute approximate surface area is 152 Å². The zero-order valence-corrected chi connectivity index (χ0v) is 15.2. The first-order valence-electron chi connectivity index (χ1n) is 8.65. The van der Waals surface area contributed by atoms with E-state index in [0.717, 1.165) is 16.8 Å². The van der Waals surface area contributed by atoms with Crippen molar-refractivity contribution in [3.63, 3.8) is 0 Å². The van der Waals surface area contributed by atoms with E-state index in [1.54, 1.807) is 11.2 Å². The van der Waals surface area contributed by atoms with Gasteiger partial charge in [0, 0.05) is 24.3 Å². The van der Waals surface area contributed by atoms with Gasteiger partial charge in [0.15, 0.2) is 0 Å². The Hall–Kier alpha value is -2.83. The van der Waals surface area contributed by atoms with Gasteiger partial charge in [-0.15, -0.1) is 0 Å². The van der Waals surface area contributed by atoms with Gasteiger partial charge in [-0.2, -0.15) is 0 Å². The predicted molar refractivity (Wildman–Crippen MR) is 96.9 cm³/mol. The fourth-order valence-corrected chi connectivity index (χ4v) is 3.27. The summed E-state index contributed by atoms with van der Waals surface area (Å²) in [7, 11) is 0. The van der Waals surface area contributed by atoms with E-state index in [9.17, 15) is 14.7 Å². The number of nitrogens with zero attached hydrogens (tertiary/aromatic N) is 2. The summed E-state index contributed by atoms with van der Waals surface area (Å²) in [5, 5.41) is 12.2. The fraction of sp³-hybridized carbons (Fsp3) is 0.421. The number of carboxylic acids is 1. The lowest BCUT2D eigenvalue weighted by Gasteiger charge is -2.34. The van der Waals surface area contributed by atoms with Gasteiger partial charge in [-0.1, -0.05) is 13.0 Å². The maximum Gasteiger partial charge on any atom is 0.321 e. The lowest BCUT2D eigenvalue weighted by Crippen LogP contribution is -2.47. The number of oxazole rings is 1. The molecule has 2 heterocycles. The molecule has 0 bridgehead atoms. The Bertz CT molecular complexity index is 830. The number of likely N-dealkylation sites (tertiary alicyclic amines) is 1. The first-order valence-corrected chi connectivity index (χ1v) is 8.65. The SMILES string of the molecule is Cc1coc(-c2ccc(C)c(NC(=O)N3CC(C)CC(C(=O)O)C3)c2)n1. The monoisotopic (exact) mass is 357 g/mol. The van der Waals surface area contributed by atoms with Crippen molar-refractivity contribution >= 4 is 17.7 Å². The predicted octanol–water partition coefficient (Wildman–Crippen LogP) is 3.53. The number of amides is 2. The summed E-state index contributed by atoms with van der Waals surface area (Å²) >= 11 is 0. The lowest BCUT2D eigenvalue weighted by atomic mass is 9.91. The number of carbonyl (C=O) groups excluding carboxylic acids is 1. The molecule has 7 heteroatoms. The van der Waals surface area contributed by atoms with Crippen LogP contribution in [0.1, 0.15) is 24.6 Å². The van der Waals surface area contributed by atoms with Gasteiger partial charge in [-0.25, -0.2) is 9.78 Å². The number of hydrogen-bond donors (Lipinski definition) is 2.